The quantitative estimate of drug-likeness (QED) is 0.680. The average molecular weight is 286 g/mol. The zero-order chi connectivity index (χ0) is 15.1. The summed E-state index contributed by atoms with van der Waals surface area (Å²) in [6, 6.07) is 1.56. The Hall–Kier alpha value is -2.25. The van der Waals surface area contributed by atoms with E-state index in [1.165, 1.54) is 11.8 Å². The van der Waals surface area contributed by atoms with Gasteiger partial charge in [-0.2, -0.15) is 0 Å². The third kappa shape index (κ3) is 2.17. The van der Waals surface area contributed by atoms with E-state index in [9.17, 15) is 23.7 Å². The molecule has 1 aromatic rings. The number of hydrogen-bond donors (Lipinski definition) is 1. The molecule has 1 atom stereocenters. The van der Waals surface area contributed by atoms with E-state index >= 15 is 0 Å². The number of carbonyl (C=O) groups is 1. The minimum absolute atomic E-state index is 0.108. The molecule has 1 fully saturated rings. The Kier molecular flexibility index (Phi) is 3.33. The van der Waals surface area contributed by atoms with E-state index in [0.717, 1.165) is 6.07 Å². The van der Waals surface area contributed by atoms with Gasteiger partial charge in [-0.25, -0.2) is 8.78 Å². The largest absolute Gasteiger partial charge is 0.481 e. The summed E-state index contributed by atoms with van der Waals surface area (Å²) in [4.78, 5) is 22.5. The van der Waals surface area contributed by atoms with Crippen molar-refractivity contribution >= 4 is 17.3 Å². The topological polar surface area (TPSA) is 83.7 Å². The number of nitro benzene ring substituents is 1. The van der Waals surface area contributed by atoms with Crippen LogP contribution in [0.25, 0.3) is 0 Å². The molecular formula is C12H12F2N2O4. The highest BCUT2D eigenvalue weighted by Crippen LogP contribution is 2.39. The molecule has 0 aliphatic carbocycles. The van der Waals surface area contributed by atoms with Crippen LogP contribution >= 0.6 is 0 Å². The Morgan fingerprint density at radius 3 is 2.65 bits per heavy atom. The molecule has 20 heavy (non-hydrogen) atoms. The lowest BCUT2D eigenvalue weighted by atomic mass is 9.90. The number of rotatable bonds is 3. The molecule has 6 nitrogen and oxygen atoms in total. The van der Waals surface area contributed by atoms with E-state index in [1.807, 2.05) is 0 Å². The number of anilines is 1. The maximum absolute atomic E-state index is 13.9. The number of hydrogen-bond acceptors (Lipinski definition) is 4. The minimum Gasteiger partial charge on any atom is -0.481 e. The molecule has 1 saturated heterocycles. The van der Waals surface area contributed by atoms with Crippen molar-refractivity contribution in [2.45, 2.75) is 13.3 Å². The number of halogens is 2. The van der Waals surface area contributed by atoms with Crippen molar-refractivity contribution in [3.05, 3.63) is 33.9 Å². The number of nitro groups is 1. The molecule has 2 rings (SSSR count). The van der Waals surface area contributed by atoms with Crippen LogP contribution in [0.1, 0.15) is 13.3 Å². The number of benzene rings is 1. The molecule has 8 heteroatoms. The Bertz CT molecular complexity index is 593. The predicted molar refractivity (Wildman–Crippen MR) is 65.6 cm³/mol. The highest BCUT2D eigenvalue weighted by Gasteiger charge is 2.43. The van der Waals surface area contributed by atoms with Gasteiger partial charge < -0.3 is 10.0 Å². The van der Waals surface area contributed by atoms with E-state index in [2.05, 4.69) is 0 Å². The van der Waals surface area contributed by atoms with E-state index in [-0.39, 0.29) is 19.5 Å². The molecule has 0 spiro atoms. The van der Waals surface area contributed by atoms with Gasteiger partial charge in [-0.05, 0) is 19.4 Å². The molecular weight excluding hydrogens is 274 g/mol. The number of carboxylic acid groups (broad SMARTS) is 1. The molecule has 0 bridgehead atoms. The Morgan fingerprint density at radius 1 is 1.50 bits per heavy atom. The molecule has 1 N–H and O–H groups in total. The first kappa shape index (κ1) is 14.2. The van der Waals surface area contributed by atoms with Crippen molar-refractivity contribution < 1.29 is 23.6 Å². The summed E-state index contributed by atoms with van der Waals surface area (Å²) in [6.45, 7) is 1.48. The second-order valence-electron chi connectivity index (χ2n) is 5.02. The third-order valence-electron chi connectivity index (χ3n) is 3.55. The summed E-state index contributed by atoms with van der Waals surface area (Å²) in [5.74, 6) is -3.59. The molecule has 1 unspecified atom stereocenters. The van der Waals surface area contributed by atoms with Crippen LogP contribution in [0.15, 0.2) is 12.1 Å². The van der Waals surface area contributed by atoms with Gasteiger partial charge in [0.05, 0.1) is 10.3 Å². The molecule has 0 amide bonds. The van der Waals surface area contributed by atoms with Gasteiger partial charge in [0.2, 0.25) is 0 Å². The molecule has 0 saturated carbocycles. The predicted octanol–water partition coefficient (Wildman–Crippen LogP) is 2.17. The second-order valence-corrected chi connectivity index (χ2v) is 5.02. The van der Waals surface area contributed by atoms with E-state index in [0.29, 0.717) is 6.07 Å². The van der Waals surface area contributed by atoms with Crippen LogP contribution in [-0.4, -0.2) is 29.1 Å². The van der Waals surface area contributed by atoms with Crippen molar-refractivity contribution in [3.63, 3.8) is 0 Å². The number of aliphatic carboxylic acids is 1. The van der Waals surface area contributed by atoms with Gasteiger partial charge in [0.15, 0.2) is 17.3 Å². The lowest BCUT2D eigenvalue weighted by Gasteiger charge is -2.22. The highest BCUT2D eigenvalue weighted by atomic mass is 19.2. The highest BCUT2D eigenvalue weighted by molar-refractivity contribution is 5.77. The Balaban J connectivity index is 2.46. The lowest BCUT2D eigenvalue weighted by Crippen LogP contribution is -2.32. The van der Waals surface area contributed by atoms with E-state index in [1.54, 1.807) is 0 Å². The van der Waals surface area contributed by atoms with Crippen LogP contribution in [0.5, 0.6) is 0 Å². The minimum atomic E-state index is -1.33. The van der Waals surface area contributed by atoms with Gasteiger partial charge in [0, 0.05) is 19.2 Å². The summed E-state index contributed by atoms with van der Waals surface area (Å²) < 4.78 is 27.1. The fourth-order valence-corrected chi connectivity index (χ4v) is 2.30. The first-order valence-corrected chi connectivity index (χ1v) is 5.87. The molecule has 1 aliphatic rings. The van der Waals surface area contributed by atoms with Gasteiger partial charge in [0.25, 0.3) is 5.69 Å². The summed E-state index contributed by atoms with van der Waals surface area (Å²) in [5.41, 5.74) is -2.19. The normalized spacial score (nSPS) is 22.1. The van der Waals surface area contributed by atoms with Crippen molar-refractivity contribution in [1.82, 2.24) is 0 Å². The first-order valence-electron chi connectivity index (χ1n) is 5.87. The van der Waals surface area contributed by atoms with Crippen LogP contribution in [0, 0.1) is 27.2 Å². The zero-order valence-corrected chi connectivity index (χ0v) is 10.6. The third-order valence-corrected chi connectivity index (χ3v) is 3.55. The average Bonchev–Trinajstić information content (AvgIpc) is 2.76. The van der Waals surface area contributed by atoms with Gasteiger partial charge in [-0.1, -0.05) is 0 Å². The summed E-state index contributed by atoms with van der Waals surface area (Å²) in [5, 5.41) is 20.0. The fourth-order valence-electron chi connectivity index (χ4n) is 2.30. The number of nitrogens with zero attached hydrogens (tertiary/aromatic N) is 2. The van der Waals surface area contributed by atoms with Gasteiger partial charge >= 0.3 is 5.97 Å². The Morgan fingerprint density at radius 2 is 2.15 bits per heavy atom. The monoisotopic (exact) mass is 286 g/mol. The van der Waals surface area contributed by atoms with E-state index in [4.69, 9.17) is 5.11 Å². The van der Waals surface area contributed by atoms with Crippen LogP contribution < -0.4 is 4.90 Å². The van der Waals surface area contributed by atoms with E-state index < -0.39 is 39.3 Å². The van der Waals surface area contributed by atoms with Crippen LogP contribution in [0.2, 0.25) is 0 Å². The standard InChI is InChI=1S/C12H12F2N2O4/c1-12(11(17)18)4-5-15(6-12)10-8(16(19)20)3-2-7(13)9(10)14/h2-3H,4-6H2,1H3,(H,17,18). The van der Waals surface area contributed by atoms with Crippen LogP contribution in [0.3, 0.4) is 0 Å². The fraction of sp³-hybridized carbons (Fsp3) is 0.417. The second kappa shape index (κ2) is 4.69. The zero-order valence-electron chi connectivity index (χ0n) is 10.6. The molecule has 0 aromatic heterocycles. The van der Waals surface area contributed by atoms with Crippen molar-refractivity contribution in [3.8, 4) is 0 Å². The van der Waals surface area contributed by atoms with Gasteiger partial charge in [0.1, 0.15) is 0 Å². The van der Waals surface area contributed by atoms with Gasteiger partial charge in [-0.15, -0.1) is 0 Å². The maximum atomic E-state index is 13.9. The molecule has 108 valence electrons. The first-order chi connectivity index (χ1) is 9.26. The van der Waals surface area contributed by atoms with Crippen LogP contribution in [0.4, 0.5) is 20.2 Å². The Labute approximate surface area is 112 Å². The molecule has 1 heterocycles. The summed E-state index contributed by atoms with van der Waals surface area (Å²) in [7, 11) is 0. The molecule has 1 aliphatic heterocycles. The van der Waals surface area contributed by atoms with Gasteiger partial charge in [-0.3, -0.25) is 14.9 Å². The SMILES string of the molecule is CC1(C(=O)O)CCN(c2c([N+](=O)[O-])ccc(F)c2F)C1. The molecule has 1 aromatic carbocycles. The molecule has 0 radical (unpaired) electrons. The lowest BCUT2D eigenvalue weighted by molar-refractivity contribution is -0.384. The van der Waals surface area contributed by atoms with Crippen LogP contribution in [-0.2, 0) is 4.79 Å². The smallest absolute Gasteiger partial charge is 0.311 e. The summed E-state index contributed by atoms with van der Waals surface area (Å²) in [6.07, 6.45) is 0.204. The van der Waals surface area contributed by atoms with Crippen molar-refractivity contribution in [2.75, 3.05) is 18.0 Å². The van der Waals surface area contributed by atoms with Crippen molar-refractivity contribution in [2.24, 2.45) is 5.41 Å². The summed E-state index contributed by atoms with van der Waals surface area (Å²) >= 11 is 0. The number of carboxylic acids is 1. The van der Waals surface area contributed by atoms with Crippen molar-refractivity contribution in [1.29, 1.82) is 0 Å². The maximum Gasteiger partial charge on any atom is 0.311 e.